The smallest absolute Gasteiger partial charge is 0.308 e. The number of esters is 1. The Kier molecular flexibility index (Phi) is 9.18. The third kappa shape index (κ3) is 6.53. The lowest BCUT2D eigenvalue weighted by Crippen LogP contribution is -2.68. The predicted octanol–water partition coefficient (Wildman–Crippen LogP) is 7.28. The number of aryl methyl sites for hydroxylation is 1. The normalized spacial score (nSPS) is 22.7. The Bertz CT molecular complexity index is 1500. The average Bonchev–Trinajstić information content (AvgIpc) is 2.96. The van der Waals surface area contributed by atoms with Crippen LogP contribution in [-0.2, 0) is 14.0 Å². The zero-order chi connectivity index (χ0) is 31.7. The number of hydrogen-bond donors (Lipinski definition) is 1. The van der Waals surface area contributed by atoms with Gasteiger partial charge in [0.2, 0.25) is 0 Å². The van der Waals surface area contributed by atoms with Crippen LogP contribution in [0.4, 0.5) is 4.39 Å². The van der Waals surface area contributed by atoms with Crippen molar-refractivity contribution in [1.82, 2.24) is 0 Å². The number of benzene rings is 3. The van der Waals surface area contributed by atoms with Crippen molar-refractivity contribution in [1.29, 1.82) is 0 Å². The molecule has 3 aromatic carbocycles. The van der Waals surface area contributed by atoms with Crippen molar-refractivity contribution in [3.63, 3.8) is 0 Å². The molecule has 44 heavy (non-hydrogen) atoms. The van der Waals surface area contributed by atoms with Crippen LogP contribution in [-0.4, -0.2) is 37.7 Å². The standard InChI is InChI=1S/C38H45FO4Si/c1-26-21-27(17-20-35(26)39)33-22-28(40)25-38(5,6)34(33)19-18-29-23-30(24-36(41)42-29)43-44(37(2,3)4,31-13-9-7-10-14-31)32-15-11-8-12-16-32/h7-21,28-30,40H,22-25H2,1-6H3/b19-18+/t28-,29+,30+/m0/s1. The Morgan fingerprint density at radius 1 is 0.977 bits per heavy atom. The highest BCUT2D eigenvalue weighted by Crippen LogP contribution is 2.45. The maximum Gasteiger partial charge on any atom is 0.308 e. The van der Waals surface area contributed by atoms with Gasteiger partial charge in [-0.15, -0.1) is 0 Å². The first kappa shape index (κ1) is 32.1. The highest BCUT2D eigenvalue weighted by molar-refractivity contribution is 6.99. The predicted molar refractivity (Wildman–Crippen MR) is 178 cm³/mol. The summed E-state index contributed by atoms with van der Waals surface area (Å²) in [6.07, 6.45) is 4.63. The number of aliphatic hydroxyl groups excluding tert-OH is 1. The molecule has 1 fully saturated rings. The molecule has 2 aliphatic rings. The summed E-state index contributed by atoms with van der Waals surface area (Å²) in [4.78, 5) is 13.1. The van der Waals surface area contributed by atoms with E-state index in [0.717, 1.165) is 16.7 Å². The van der Waals surface area contributed by atoms with Crippen LogP contribution in [0.1, 0.15) is 71.4 Å². The second kappa shape index (κ2) is 12.6. The van der Waals surface area contributed by atoms with Gasteiger partial charge < -0.3 is 14.3 Å². The molecule has 0 unspecified atom stereocenters. The van der Waals surface area contributed by atoms with E-state index in [1.54, 1.807) is 13.0 Å². The van der Waals surface area contributed by atoms with E-state index in [4.69, 9.17) is 9.16 Å². The molecule has 3 atom stereocenters. The molecule has 3 aromatic rings. The molecule has 0 radical (unpaired) electrons. The Balaban J connectivity index is 1.50. The molecule has 0 spiro atoms. The van der Waals surface area contributed by atoms with Gasteiger partial charge in [-0.25, -0.2) is 4.39 Å². The van der Waals surface area contributed by atoms with Gasteiger partial charge in [-0.05, 0) is 81.1 Å². The molecule has 1 saturated heterocycles. The minimum atomic E-state index is -2.85. The molecule has 0 saturated carbocycles. The van der Waals surface area contributed by atoms with Crippen LogP contribution in [0.3, 0.4) is 0 Å². The first-order chi connectivity index (χ1) is 20.8. The van der Waals surface area contributed by atoms with E-state index in [9.17, 15) is 14.3 Å². The minimum Gasteiger partial charge on any atom is -0.458 e. The van der Waals surface area contributed by atoms with Crippen LogP contribution in [0.15, 0.2) is 96.6 Å². The van der Waals surface area contributed by atoms with Gasteiger partial charge in [-0.3, -0.25) is 4.79 Å². The summed E-state index contributed by atoms with van der Waals surface area (Å²) in [7, 11) is -2.85. The van der Waals surface area contributed by atoms with Crippen molar-refractivity contribution in [3.05, 3.63) is 114 Å². The zero-order valence-corrected chi connectivity index (χ0v) is 27.8. The number of carbonyl (C=O) groups excluding carboxylic acids is 1. The molecule has 0 amide bonds. The third-order valence-corrected chi connectivity index (χ3v) is 14.2. The van der Waals surface area contributed by atoms with Gasteiger partial charge in [-0.2, -0.15) is 0 Å². The van der Waals surface area contributed by atoms with Crippen LogP contribution in [0.2, 0.25) is 5.04 Å². The van der Waals surface area contributed by atoms with Gasteiger partial charge >= 0.3 is 5.97 Å². The quantitative estimate of drug-likeness (QED) is 0.225. The van der Waals surface area contributed by atoms with Gasteiger partial charge in [0.1, 0.15) is 11.9 Å². The Labute approximate surface area is 262 Å². The van der Waals surface area contributed by atoms with Crippen molar-refractivity contribution < 1.29 is 23.5 Å². The molecule has 1 aliphatic carbocycles. The molecule has 0 aromatic heterocycles. The molecule has 1 heterocycles. The van der Waals surface area contributed by atoms with Crippen LogP contribution < -0.4 is 10.4 Å². The van der Waals surface area contributed by atoms with E-state index in [2.05, 4.69) is 89.2 Å². The van der Waals surface area contributed by atoms with Gasteiger partial charge in [0.25, 0.3) is 8.32 Å². The lowest BCUT2D eigenvalue weighted by molar-refractivity contribution is -0.155. The molecule has 4 nitrogen and oxygen atoms in total. The van der Waals surface area contributed by atoms with Crippen molar-refractivity contribution in [2.24, 2.45) is 5.41 Å². The number of allylic oxidation sites excluding steroid dienone is 2. The lowest BCUT2D eigenvalue weighted by Gasteiger charge is -2.46. The van der Waals surface area contributed by atoms with Crippen molar-refractivity contribution in [2.75, 3.05) is 0 Å². The summed E-state index contributed by atoms with van der Waals surface area (Å²) in [6.45, 7) is 12.7. The molecule has 6 heteroatoms. The fraction of sp³-hybridized carbons (Fsp3) is 0.395. The van der Waals surface area contributed by atoms with E-state index < -0.39 is 20.5 Å². The first-order valence-electron chi connectivity index (χ1n) is 15.6. The SMILES string of the molecule is Cc1cc(C2=C(/C=C/[C@@H]3C[C@@H](O[Si](c4ccccc4)(c4ccccc4)C(C)(C)C)CC(=O)O3)C(C)(C)C[C@@H](O)C2)ccc1F. The summed E-state index contributed by atoms with van der Waals surface area (Å²) < 4.78 is 27.3. The number of halogens is 1. The number of carbonyl (C=O) groups is 1. The van der Waals surface area contributed by atoms with Gasteiger partial charge in [0, 0.05) is 6.42 Å². The average molecular weight is 613 g/mol. The minimum absolute atomic E-state index is 0.204. The molecule has 0 bridgehead atoms. The summed E-state index contributed by atoms with van der Waals surface area (Å²) in [5, 5.41) is 12.9. The molecule has 232 valence electrons. The number of ether oxygens (including phenoxy) is 1. The second-order valence-electron chi connectivity index (χ2n) is 14.0. The Hall–Kier alpha value is -3.32. The summed E-state index contributed by atoms with van der Waals surface area (Å²) >= 11 is 0. The second-order valence-corrected chi connectivity index (χ2v) is 18.3. The molecule has 1 N–H and O–H groups in total. The zero-order valence-electron chi connectivity index (χ0n) is 26.8. The van der Waals surface area contributed by atoms with E-state index in [1.807, 2.05) is 24.3 Å². The number of rotatable bonds is 7. The van der Waals surface area contributed by atoms with Gasteiger partial charge in [0.15, 0.2) is 0 Å². The van der Waals surface area contributed by atoms with Crippen LogP contribution in [0, 0.1) is 18.2 Å². The fourth-order valence-corrected chi connectivity index (χ4v) is 11.8. The lowest BCUT2D eigenvalue weighted by atomic mass is 9.69. The number of cyclic esters (lactones) is 1. The topological polar surface area (TPSA) is 55.8 Å². The summed E-state index contributed by atoms with van der Waals surface area (Å²) in [6, 6.07) is 26.1. The Morgan fingerprint density at radius 3 is 2.16 bits per heavy atom. The maximum atomic E-state index is 14.1. The fourth-order valence-electron chi connectivity index (χ4n) is 7.10. The largest absolute Gasteiger partial charge is 0.458 e. The first-order valence-corrected chi connectivity index (χ1v) is 17.6. The van der Waals surface area contributed by atoms with Crippen LogP contribution >= 0.6 is 0 Å². The number of aliphatic hydroxyl groups is 1. The monoisotopic (exact) mass is 612 g/mol. The Morgan fingerprint density at radius 2 is 1.59 bits per heavy atom. The van der Waals surface area contributed by atoms with E-state index in [1.165, 1.54) is 16.4 Å². The highest BCUT2D eigenvalue weighted by atomic mass is 28.4. The van der Waals surface area contributed by atoms with Crippen LogP contribution in [0.25, 0.3) is 5.57 Å². The summed E-state index contributed by atoms with van der Waals surface area (Å²) in [5.74, 6) is -0.515. The highest BCUT2D eigenvalue weighted by Gasteiger charge is 2.52. The third-order valence-electron chi connectivity index (χ3n) is 9.16. The van der Waals surface area contributed by atoms with E-state index in [0.29, 0.717) is 24.8 Å². The maximum absolute atomic E-state index is 14.1. The molecular formula is C38H45FO4Si. The van der Waals surface area contributed by atoms with Crippen molar-refractivity contribution >= 4 is 30.2 Å². The summed E-state index contributed by atoms with van der Waals surface area (Å²) in [5.41, 5.74) is 3.22. The molecule has 1 aliphatic heterocycles. The van der Waals surface area contributed by atoms with Gasteiger partial charge in [-0.1, -0.05) is 107 Å². The van der Waals surface area contributed by atoms with Crippen molar-refractivity contribution in [3.8, 4) is 0 Å². The van der Waals surface area contributed by atoms with Crippen molar-refractivity contribution in [2.45, 2.75) is 90.6 Å². The molecular weight excluding hydrogens is 567 g/mol. The number of hydrogen-bond acceptors (Lipinski definition) is 4. The molecule has 5 rings (SSSR count). The van der Waals surface area contributed by atoms with Crippen LogP contribution in [0.5, 0.6) is 0 Å². The van der Waals surface area contributed by atoms with Gasteiger partial charge in [0.05, 0.1) is 18.6 Å². The van der Waals surface area contributed by atoms with E-state index >= 15 is 0 Å². The van der Waals surface area contributed by atoms with E-state index in [-0.39, 0.29) is 34.8 Å².